The summed E-state index contributed by atoms with van der Waals surface area (Å²) in [7, 11) is 0. The summed E-state index contributed by atoms with van der Waals surface area (Å²) >= 11 is 1.67. The molecule has 80 valence electrons. The monoisotopic (exact) mass is 222 g/mol. The third kappa shape index (κ3) is 4.15. The summed E-state index contributed by atoms with van der Waals surface area (Å²) in [5, 5.41) is 7.77. The highest BCUT2D eigenvalue weighted by Gasteiger charge is 2.10. The van der Waals surface area contributed by atoms with Crippen molar-refractivity contribution in [3.63, 3.8) is 0 Å². The quantitative estimate of drug-likeness (QED) is 0.729. The summed E-state index contributed by atoms with van der Waals surface area (Å²) < 4.78 is 0. The summed E-state index contributed by atoms with van der Waals surface area (Å²) in [6, 6.07) is 3.80. The van der Waals surface area contributed by atoms with Crippen LogP contribution in [-0.2, 0) is 11.3 Å². The summed E-state index contributed by atoms with van der Waals surface area (Å²) in [5.41, 5.74) is 0. The van der Waals surface area contributed by atoms with Gasteiger partial charge in [0.2, 0.25) is 5.91 Å². The number of nitrogens with one attached hydrogen (secondary N) is 2. The summed E-state index contributed by atoms with van der Waals surface area (Å²) in [6.45, 7) is 2.81. The topological polar surface area (TPSA) is 41.1 Å². The van der Waals surface area contributed by atoms with Crippen LogP contribution in [0.5, 0.6) is 0 Å². The van der Waals surface area contributed by atoms with Gasteiger partial charge in [0.1, 0.15) is 0 Å². The van der Waals surface area contributed by atoms with Crippen molar-refractivity contribution in [3.05, 3.63) is 22.4 Å². The van der Waals surface area contributed by atoms with Crippen molar-refractivity contribution in [2.24, 2.45) is 0 Å². The van der Waals surface area contributed by atoms with E-state index in [0.717, 1.165) is 0 Å². The van der Waals surface area contributed by atoms with E-state index in [1.807, 2.05) is 24.4 Å². The van der Waals surface area contributed by atoms with Crippen LogP contribution in [0.4, 0.5) is 0 Å². The van der Waals surface area contributed by atoms with Gasteiger partial charge in [-0.1, -0.05) is 12.0 Å². The van der Waals surface area contributed by atoms with Gasteiger partial charge in [-0.05, 0) is 18.4 Å². The highest BCUT2D eigenvalue weighted by molar-refractivity contribution is 7.09. The minimum Gasteiger partial charge on any atom is -0.344 e. The summed E-state index contributed by atoms with van der Waals surface area (Å²) in [5.74, 6) is 2.30. The van der Waals surface area contributed by atoms with E-state index in [-0.39, 0.29) is 18.5 Å². The van der Waals surface area contributed by atoms with Gasteiger partial charge >= 0.3 is 0 Å². The molecule has 1 unspecified atom stereocenters. The first-order valence-corrected chi connectivity index (χ1v) is 5.59. The lowest BCUT2D eigenvalue weighted by Gasteiger charge is -2.11. The normalized spacial score (nSPS) is 11.7. The molecule has 1 amide bonds. The lowest BCUT2D eigenvalue weighted by molar-refractivity contribution is -0.122. The number of hydrogen-bond donors (Lipinski definition) is 2. The molecule has 0 bridgehead atoms. The molecule has 0 radical (unpaired) electrons. The second kappa shape index (κ2) is 6.23. The molecule has 1 aromatic rings. The Hall–Kier alpha value is -1.31. The Morgan fingerprint density at radius 2 is 2.53 bits per heavy atom. The number of thiophene rings is 1. The molecule has 0 saturated carbocycles. The molecule has 1 rings (SSSR count). The minimum absolute atomic E-state index is 0.0653. The van der Waals surface area contributed by atoms with Crippen molar-refractivity contribution in [2.75, 3.05) is 6.54 Å². The molecule has 3 nitrogen and oxygen atoms in total. The summed E-state index contributed by atoms with van der Waals surface area (Å²) in [6.07, 6.45) is 5.04. The average molecular weight is 222 g/mol. The Bertz CT molecular complexity index is 340. The maximum atomic E-state index is 11.4. The van der Waals surface area contributed by atoms with E-state index in [0.29, 0.717) is 6.54 Å². The fourth-order valence-corrected chi connectivity index (χ4v) is 1.71. The van der Waals surface area contributed by atoms with Crippen molar-refractivity contribution in [1.82, 2.24) is 10.6 Å². The highest BCUT2D eigenvalue weighted by Crippen LogP contribution is 2.07. The van der Waals surface area contributed by atoms with Crippen molar-refractivity contribution in [3.8, 4) is 12.3 Å². The molecule has 1 atom stereocenters. The van der Waals surface area contributed by atoms with Gasteiger partial charge in [0, 0.05) is 11.4 Å². The van der Waals surface area contributed by atoms with E-state index in [2.05, 4.69) is 16.6 Å². The van der Waals surface area contributed by atoms with Gasteiger partial charge in [-0.3, -0.25) is 4.79 Å². The molecule has 15 heavy (non-hydrogen) atoms. The van der Waals surface area contributed by atoms with Crippen LogP contribution in [0.1, 0.15) is 11.8 Å². The molecule has 0 spiro atoms. The van der Waals surface area contributed by atoms with E-state index in [1.165, 1.54) is 4.88 Å². The van der Waals surface area contributed by atoms with Crippen LogP contribution in [0.25, 0.3) is 0 Å². The number of rotatable bonds is 5. The average Bonchev–Trinajstić information content (AvgIpc) is 2.75. The second-order valence-electron chi connectivity index (χ2n) is 3.10. The van der Waals surface area contributed by atoms with Gasteiger partial charge in [0.15, 0.2) is 0 Å². The van der Waals surface area contributed by atoms with Gasteiger partial charge in [0.05, 0.1) is 12.6 Å². The molecule has 0 aliphatic carbocycles. The molecule has 0 saturated heterocycles. The molecule has 0 aromatic carbocycles. The number of carbonyl (C=O) groups excluding carboxylic acids is 1. The van der Waals surface area contributed by atoms with E-state index in [1.54, 1.807) is 11.3 Å². The van der Waals surface area contributed by atoms with Crippen LogP contribution in [0, 0.1) is 12.3 Å². The minimum atomic E-state index is -0.222. The Labute approximate surface area is 93.9 Å². The van der Waals surface area contributed by atoms with Crippen LogP contribution in [0.2, 0.25) is 0 Å². The molecular weight excluding hydrogens is 208 g/mol. The molecular formula is C11H14N2OS. The predicted octanol–water partition coefficient (Wildman–Crippen LogP) is 0.976. The first-order chi connectivity index (χ1) is 7.24. The lowest BCUT2D eigenvalue weighted by Crippen LogP contribution is -2.41. The standard InChI is InChI=1S/C11H14N2OS/c1-3-6-12-11(14)9(2)13-8-10-5-4-7-15-10/h1,4-5,7,9,13H,6,8H2,2H3,(H,12,14). The van der Waals surface area contributed by atoms with E-state index < -0.39 is 0 Å². The first kappa shape index (κ1) is 11.8. The largest absolute Gasteiger partial charge is 0.344 e. The third-order valence-electron chi connectivity index (χ3n) is 1.92. The lowest BCUT2D eigenvalue weighted by atomic mass is 10.3. The Morgan fingerprint density at radius 1 is 1.73 bits per heavy atom. The smallest absolute Gasteiger partial charge is 0.237 e. The van der Waals surface area contributed by atoms with Gasteiger partial charge in [-0.15, -0.1) is 17.8 Å². The number of terminal acetylenes is 1. The van der Waals surface area contributed by atoms with E-state index in [4.69, 9.17) is 6.42 Å². The van der Waals surface area contributed by atoms with Crippen LogP contribution >= 0.6 is 11.3 Å². The highest BCUT2D eigenvalue weighted by atomic mass is 32.1. The van der Waals surface area contributed by atoms with E-state index >= 15 is 0 Å². The van der Waals surface area contributed by atoms with Gasteiger partial charge in [0.25, 0.3) is 0 Å². The Morgan fingerprint density at radius 3 is 3.13 bits per heavy atom. The fraction of sp³-hybridized carbons (Fsp3) is 0.364. The van der Waals surface area contributed by atoms with Crippen LogP contribution in [-0.4, -0.2) is 18.5 Å². The first-order valence-electron chi connectivity index (χ1n) is 4.71. The van der Waals surface area contributed by atoms with E-state index in [9.17, 15) is 4.79 Å². The molecule has 0 aliphatic rings. The van der Waals surface area contributed by atoms with Gasteiger partial charge in [-0.2, -0.15) is 0 Å². The molecule has 1 heterocycles. The second-order valence-corrected chi connectivity index (χ2v) is 4.14. The molecule has 1 aromatic heterocycles. The fourth-order valence-electron chi connectivity index (χ4n) is 1.05. The third-order valence-corrected chi connectivity index (χ3v) is 2.80. The summed E-state index contributed by atoms with van der Waals surface area (Å²) in [4.78, 5) is 12.6. The zero-order valence-corrected chi connectivity index (χ0v) is 9.43. The maximum Gasteiger partial charge on any atom is 0.237 e. The van der Waals surface area contributed by atoms with Gasteiger partial charge in [-0.25, -0.2) is 0 Å². The molecule has 4 heteroatoms. The zero-order valence-electron chi connectivity index (χ0n) is 8.62. The Kier molecular flexibility index (Phi) is 4.88. The predicted molar refractivity (Wildman–Crippen MR) is 62.5 cm³/mol. The van der Waals surface area contributed by atoms with Crippen LogP contribution in [0.3, 0.4) is 0 Å². The number of amides is 1. The van der Waals surface area contributed by atoms with Crippen LogP contribution in [0.15, 0.2) is 17.5 Å². The SMILES string of the molecule is C#CCNC(=O)C(C)NCc1cccs1. The molecule has 0 fully saturated rings. The number of carbonyl (C=O) groups is 1. The maximum absolute atomic E-state index is 11.4. The molecule has 0 aliphatic heterocycles. The van der Waals surface area contributed by atoms with Crippen molar-refractivity contribution in [2.45, 2.75) is 19.5 Å². The van der Waals surface area contributed by atoms with Crippen molar-refractivity contribution < 1.29 is 4.79 Å². The van der Waals surface area contributed by atoms with Crippen molar-refractivity contribution >= 4 is 17.2 Å². The van der Waals surface area contributed by atoms with Gasteiger partial charge < -0.3 is 10.6 Å². The van der Waals surface area contributed by atoms with Crippen LogP contribution < -0.4 is 10.6 Å². The van der Waals surface area contributed by atoms with Crippen molar-refractivity contribution in [1.29, 1.82) is 0 Å². The molecule has 2 N–H and O–H groups in total. The number of hydrogen-bond acceptors (Lipinski definition) is 3. The zero-order chi connectivity index (χ0) is 11.1. The Balaban J connectivity index is 2.27.